The molecule has 0 aromatic carbocycles. The second-order valence-electron chi connectivity index (χ2n) is 1.97. The van der Waals surface area contributed by atoms with Gasteiger partial charge in [-0.3, -0.25) is 0 Å². The Kier molecular flexibility index (Phi) is 1.23. The van der Waals surface area contributed by atoms with Crippen LogP contribution in [0, 0.1) is 13.8 Å². The highest BCUT2D eigenvalue weighted by atomic mass is 16.5. The van der Waals surface area contributed by atoms with Crippen LogP contribution in [-0.2, 0) is 0 Å². The lowest BCUT2D eigenvalue weighted by Gasteiger charge is -1.89. The Labute approximate surface area is 54.7 Å². The van der Waals surface area contributed by atoms with Gasteiger partial charge in [0.2, 0.25) is 0 Å². The number of aromatic nitrogens is 2. The zero-order chi connectivity index (χ0) is 7.02. The molecule has 2 radical (unpaired) electrons. The minimum atomic E-state index is 0.553. The van der Waals surface area contributed by atoms with E-state index in [0.29, 0.717) is 16.9 Å². The normalized spacial score (nSPS) is 10.0. The summed E-state index contributed by atoms with van der Waals surface area (Å²) in [6.45, 7) is 3.45. The van der Waals surface area contributed by atoms with Gasteiger partial charge >= 0.3 is 0 Å². The minimum absolute atomic E-state index is 0.553. The van der Waals surface area contributed by atoms with E-state index < -0.39 is 0 Å². The molecule has 0 amide bonds. The van der Waals surface area contributed by atoms with Gasteiger partial charge in [0.05, 0.1) is 11.4 Å². The molecule has 1 aromatic heterocycles. The van der Waals surface area contributed by atoms with Crippen LogP contribution in [0.15, 0.2) is 0 Å². The number of nitrogens with zero attached hydrogens (tertiary/aromatic N) is 2. The Balaban J connectivity index is 3.29. The van der Waals surface area contributed by atoms with Crippen LogP contribution >= 0.6 is 0 Å². The van der Waals surface area contributed by atoms with Crippen molar-refractivity contribution in [3.05, 3.63) is 11.4 Å². The lowest BCUT2D eigenvalue weighted by atomic mass is 9.94. The first-order chi connectivity index (χ1) is 4.13. The van der Waals surface area contributed by atoms with E-state index in [2.05, 4.69) is 5.10 Å². The fraction of sp³-hybridized carbons (Fsp3) is 0.400. The molecule has 1 heterocycles. The van der Waals surface area contributed by atoms with Gasteiger partial charge in [-0.15, -0.1) is 9.94 Å². The predicted molar refractivity (Wildman–Crippen MR) is 34.3 cm³/mol. The van der Waals surface area contributed by atoms with Crippen LogP contribution in [0.4, 0.5) is 0 Å². The zero-order valence-electron chi connectivity index (χ0n) is 5.42. The van der Waals surface area contributed by atoms with Gasteiger partial charge in [0, 0.05) is 0 Å². The monoisotopic (exact) mass is 122 g/mol. The van der Waals surface area contributed by atoms with Crippen molar-refractivity contribution in [3.8, 4) is 0 Å². The molecule has 3 nitrogen and oxygen atoms in total. The highest BCUT2D eigenvalue weighted by Crippen LogP contribution is 1.92. The second kappa shape index (κ2) is 1.79. The standard InChI is InChI=1S/C5H7BN2O/c1-3-5(6)4(2)8(9)7-3/h9H,1-2H3. The third-order valence-corrected chi connectivity index (χ3v) is 1.32. The molecule has 0 saturated carbocycles. The molecule has 0 aliphatic heterocycles. The molecule has 0 spiro atoms. The van der Waals surface area contributed by atoms with Crippen molar-refractivity contribution in [1.29, 1.82) is 0 Å². The molecule has 46 valence electrons. The fourth-order valence-electron chi connectivity index (χ4n) is 0.640. The smallest absolute Gasteiger partial charge is 0.119 e. The van der Waals surface area contributed by atoms with E-state index in [-0.39, 0.29) is 0 Å². The quantitative estimate of drug-likeness (QED) is 0.373. The van der Waals surface area contributed by atoms with Crippen LogP contribution in [0.25, 0.3) is 0 Å². The van der Waals surface area contributed by atoms with Gasteiger partial charge in [-0.05, 0) is 19.3 Å². The molecular weight excluding hydrogens is 115 g/mol. The summed E-state index contributed by atoms with van der Waals surface area (Å²) in [5.41, 5.74) is 1.81. The molecule has 1 N–H and O–H groups in total. The lowest BCUT2D eigenvalue weighted by molar-refractivity contribution is 0.142. The molecule has 0 unspecified atom stereocenters. The summed E-state index contributed by atoms with van der Waals surface area (Å²) >= 11 is 0. The van der Waals surface area contributed by atoms with Gasteiger partial charge in [-0.1, -0.05) is 0 Å². The topological polar surface area (TPSA) is 38.0 Å². The van der Waals surface area contributed by atoms with Crippen LogP contribution in [-0.4, -0.2) is 23.0 Å². The predicted octanol–water partition coefficient (Wildman–Crippen LogP) is -0.469. The third kappa shape index (κ3) is 0.802. The molecule has 4 heteroatoms. The maximum atomic E-state index is 8.85. The van der Waals surface area contributed by atoms with Crippen LogP contribution in [0.2, 0.25) is 0 Å². The SMILES string of the molecule is [B]c1c(C)nn(O)c1C. The van der Waals surface area contributed by atoms with Gasteiger partial charge < -0.3 is 5.21 Å². The molecule has 0 saturated heterocycles. The van der Waals surface area contributed by atoms with E-state index in [1.54, 1.807) is 13.8 Å². The molecule has 0 fully saturated rings. The van der Waals surface area contributed by atoms with Gasteiger partial charge in [0.1, 0.15) is 7.85 Å². The maximum absolute atomic E-state index is 8.85. The Hall–Kier alpha value is -0.925. The maximum Gasteiger partial charge on any atom is 0.119 e. The van der Waals surface area contributed by atoms with E-state index in [4.69, 9.17) is 13.1 Å². The molecule has 9 heavy (non-hydrogen) atoms. The average molecular weight is 122 g/mol. The van der Waals surface area contributed by atoms with Crippen molar-refractivity contribution in [2.45, 2.75) is 13.8 Å². The third-order valence-electron chi connectivity index (χ3n) is 1.32. The van der Waals surface area contributed by atoms with E-state index >= 15 is 0 Å². The highest BCUT2D eigenvalue weighted by molar-refractivity contribution is 6.33. The van der Waals surface area contributed by atoms with Crippen molar-refractivity contribution in [1.82, 2.24) is 9.94 Å². The van der Waals surface area contributed by atoms with Crippen molar-refractivity contribution in [2.24, 2.45) is 0 Å². The summed E-state index contributed by atoms with van der Waals surface area (Å²) in [7, 11) is 5.46. The van der Waals surface area contributed by atoms with Crippen molar-refractivity contribution in [2.75, 3.05) is 0 Å². The molecule has 0 aliphatic carbocycles. The average Bonchev–Trinajstić information content (AvgIpc) is 1.98. The number of aryl methyl sites for hydroxylation is 1. The van der Waals surface area contributed by atoms with Crippen LogP contribution in [0.5, 0.6) is 0 Å². The molecule has 0 aliphatic rings. The summed E-state index contributed by atoms with van der Waals surface area (Å²) in [5.74, 6) is 0. The van der Waals surface area contributed by atoms with Crippen molar-refractivity contribution in [3.63, 3.8) is 0 Å². The van der Waals surface area contributed by atoms with E-state index in [9.17, 15) is 0 Å². The Morgan fingerprint density at radius 3 is 2.22 bits per heavy atom. The summed E-state index contributed by atoms with van der Waals surface area (Å²) < 4.78 is 0. The van der Waals surface area contributed by atoms with Gasteiger partial charge in [0.25, 0.3) is 0 Å². The fourth-order valence-corrected chi connectivity index (χ4v) is 0.640. The van der Waals surface area contributed by atoms with Crippen LogP contribution < -0.4 is 5.46 Å². The van der Waals surface area contributed by atoms with Gasteiger partial charge in [-0.25, -0.2) is 0 Å². The minimum Gasteiger partial charge on any atom is -0.412 e. The molecule has 0 bridgehead atoms. The van der Waals surface area contributed by atoms with Crippen LogP contribution in [0.1, 0.15) is 11.4 Å². The van der Waals surface area contributed by atoms with Gasteiger partial charge in [-0.2, -0.15) is 0 Å². The van der Waals surface area contributed by atoms with E-state index in [1.807, 2.05) is 0 Å². The summed E-state index contributed by atoms with van der Waals surface area (Å²) in [6.07, 6.45) is 0. The summed E-state index contributed by atoms with van der Waals surface area (Å²) in [5, 5.41) is 12.5. The van der Waals surface area contributed by atoms with Crippen molar-refractivity contribution >= 4 is 13.3 Å². The first-order valence-electron chi connectivity index (χ1n) is 2.64. The highest BCUT2D eigenvalue weighted by Gasteiger charge is 2.03. The lowest BCUT2D eigenvalue weighted by Crippen LogP contribution is -2.07. The first-order valence-corrected chi connectivity index (χ1v) is 2.64. The molecule has 1 rings (SSSR count). The number of hydrogen-bond donors (Lipinski definition) is 1. The summed E-state index contributed by atoms with van der Waals surface area (Å²) in [4.78, 5) is 0.782. The molecule has 1 aromatic rings. The second-order valence-corrected chi connectivity index (χ2v) is 1.97. The Morgan fingerprint density at radius 1 is 1.56 bits per heavy atom. The summed E-state index contributed by atoms with van der Waals surface area (Å²) in [6, 6.07) is 0. The largest absolute Gasteiger partial charge is 0.412 e. The molecular formula is C5H7BN2O. The first kappa shape index (κ1) is 6.20. The van der Waals surface area contributed by atoms with Gasteiger partial charge in [0.15, 0.2) is 0 Å². The van der Waals surface area contributed by atoms with Crippen LogP contribution in [0.3, 0.4) is 0 Å². The molecule has 0 atom stereocenters. The van der Waals surface area contributed by atoms with E-state index in [1.165, 1.54) is 0 Å². The zero-order valence-corrected chi connectivity index (χ0v) is 5.42. The number of rotatable bonds is 0. The Bertz CT molecular complexity index is 209. The van der Waals surface area contributed by atoms with E-state index in [0.717, 1.165) is 4.85 Å². The Morgan fingerprint density at radius 2 is 2.11 bits per heavy atom. The number of hydrogen-bond acceptors (Lipinski definition) is 2. The van der Waals surface area contributed by atoms with Crippen molar-refractivity contribution < 1.29 is 5.21 Å².